The molecule has 0 saturated carbocycles. The number of nitrogens with one attached hydrogen (secondary N) is 1. The van der Waals surface area contributed by atoms with Crippen molar-refractivity contribution < 1.29 is 9.90 Å². The second kappa shape index (κ2) is 3.09. The average Bonchev–Trinajstić information content (AvgIpc) is 2.51. The van der Waals surface area contributed by atoms with Gasteiger partial charge in [-0.25, -0.2) is 0 Å². The van der Waals surface area contributed by atoms with Crippen molar-refractivity contribution in [2.75, 3.05) is 11.9 Å². The molecule has 0 radical (unpaired) electrons. The van der Waals surface area contributed by atoms with Crippen LogP contribution in [-0.4, -0.2) is 17.9 Å². The van der Waals surface area contributed by atoms with Gasteiger partial charge >= 0.3 is 0 Å². The molecule has 0 spiro atoms. The van der Waals surface area contributed by atoms with Crippen LogP contribution in [0.1, 0.15) is 17.9 Å². The van der Waals surface area contributed by atoms with Crippen molar-refractivity contribution in [1.29, 1.82) is 0 Å². The zero-order valence-electron chi connectivity index (χ0n) is 7.16. The molecule has 1 unspecified atom stereocenters. The predicted molar refractivity (Wildman–Crippen MR) is 50.0 cm³/mol. The van der Waals surface area contributed by atoms with E-state index in [1.54, 1.807) is 12.1 Å². The van der Waals surface area contributed by atoms with Gasteiger partial charge in [0.05, 0.1) is 0 Å². The molecule has 0 saturated heterocycles. The maximum atomic E-state index is 10.4. The van der Waals surface area contributed by atoms with Crippen LogP contribution in [0.15, 0.2) is 18.2 Å². The molecule has 1 aliphatic heterocycles. The highest BCUT2D eigenvalue weighted by atomic mass is 16.3. The van der Waals surface area contributed by atoms with Crippen LogP contribution in [0.5, 0.6) is 5.75 Å². The van der Waals surface area contributed by atoms with Crippen LogP contribution < -0.4 is 5.32 Å². The third kappa shape index (κ3) is 1.26. The van der Waals surface area contributed by atoms with E-state index in [-0.39, 0.29) is 11.7 Å². The van der Waals surface area contributed by atoms with Crippen molar-refractivity contribution in [1.82, 2.24) is 0 Å². The number of phenolic OH excluding ortho intramolecular Hbond substituents is 1. The molecule has 2 rings (SSSR count). The van der Waals surface area contributed by atoms with Crippen molar-refractivity contribution in [3.63, 3.8) is 0 Å². The average molecular weight is 177 g/mol. The number of carbonyl (C=O) groups is 1. The van der Waals surface area contributed by atoms with Crippen LogP contribution >= 0.6 is 0 Å². The predicted octanol–water partition coefficient (Wildman–Crippen LogP) is 1.49. The van der Waals surface area contributed by atoms with E-state index in [0.29, 0.717) is 6.42 Å². The van der Waals surface area contributed by atoms with Crippen LogP contribution in [0.2, 0.25) is 0 Å². The van der Waals surface area contributed by atoms with Gasteiger partial charge in [-0.05, 0) is 12.1 Å². The molecule has 3 heteroatoms. The fourth-order valence-corrected chi connectivity index (χ4v) is 1.79. The smallest absolute Gasteiger partial charge is 0.121 e. The molecule has 0 bridgehead atoms. The monoisotopic (exact) mass is 177 g/mol. The van der Waals surface area contributed by atoms with Crippen LogP contribution in [0, 0.1) is 0 Å². The highest BCUT2D eigenvalue weighted by molar-refractivity contribution is 5.65. The summed E-state index contributed by atoms with van der Waals surface area (Å²) in [6.07, 6.45) is 1.37. The molecule has 0 amide bonds. The summed E-state index contributed by atoms with van der Waals surface area (Å²) in [5, 5.41) is 12.7. The summed E-state index contributed by atoms with van der Waals surface area (Å²) < 4.78 is 0. The molecule has 1 atom stereocenters. The van der Waals surface area contributed by atoms with E-state index in [2.05, 4.69) is 5.32 Å². The Morgan fingerprint density at radius 1 is 1.62 bits per heavy atom. The largest absolute Gasteiger partial charge is 0.508 e. The summed E-state index contributed by atoms with van der Waals surface area (Å²) in [6.45, 7) is 0.742. The quantitative estimate of drug-likeness (QED) is 0.673. The van der Waals surface area contributed by atoms with Gasteiger partial charge in [-0.1, -0.05) is 6.07 Å². The molecule has 1 aliphatic rings. The van der Waals surface area contributed by atoms with E-state index in [9.17, 15) is 9.90 Å². The van der Waals surface area contributed by atoms with E-state index < -0.39 is 0 Å². The SMILES string of the molecule is O=CCC1CNc2cccc(O)c21. The number of hydrogen-bond acceptors (Lipinski definition) is 3. The van der Waals surface area contributed by atoms with Gasteiger partial charge in [0.25, 0.3) is 0 Å². The molecule has 68 valence electrons. The molecular formula is C10H11NO2. The van der Waals surface area contributed by atoms with Gasteiger partial charge in [0.1, 0.15) is 12.0 Å². The van der Waals surface area contributed by atoms with E-state index in [1.165, 1.54) is 0 Å². The third-order valence-corrected chi connectivity index (χ3v) is 2.41. The Hall–Kier alpha value is -1.51. The topological polar surface area (TPSA) is 49.3 Å². The number of phenols is 1. The minimum Gasteiger partial charge on any atom is -0.508 e. The first-order valence-electron chi connectivity index (χ1n) is 4.32. The normalized spacial score (nSPS) is 19.2. The first kappa shape index (κ1) is 8.10. The maximum Gasteiger partial charge on any atom is 0.121 e. The summed E-state index contributed by atoms with van der Waals surface area (Å²) in [5.41, 5.74) is 1.83. The van der Waals surface area contributed by atoms with Gasteiger partial charge in [-0.15, -0.1) is 0 Å². The molecule has 13 heavy (non-hydrogen) atoms. The highest BCUT2D eigenvalue weighted by Gasteiger charge is 2.24. The Morgan fingerprint density at radius 2 is 2.46 bits per heavy atom. The fourth-order valence-electron chi connectivity index (χ4n) is 1.79. The fraction of sp³-hybridized carbons (Fsp3) is 0.300. The number of hydrogen-bond donors (Lipinski definition) is 2. The van der Waals surface area contributed by atoms with Crippen molar-refractivity contribution >= 4 is 12.0 Å². The third-order valence-electron chi connectivity index (χ3n) is 2.41. The van der Waals surface area contributed by atoms with Gasteiger partial charge in [0.15, 0.2) is 0 Å². The summed E-state index contributed by atoms with van der Waals surface area (Å²) in [6, 6.07) is 5.37. The van der Waals surface area contributed by atoms with Crippen LogP contribution in [0.4, 0.5) is 5.69 Å². The van der Waals surface area contributed by atoms with Crippen LogP contribution in [-0.2, 0) is 4.79 Å². The van der Waals surface area contributed by atoms with Gasteiger partial charge in [-0.3, -0.25) is 0 Å². The van der Waals surface area contributed by atoms with Gasteiger partial charge in [0.2, 0.25) is 0 Å². The number of aromatic hydroxyl groups is 1. The first-order chi connectivity index (χ1) is 6.33. The van der Waals surface area contributed by atoms with Crippen LogP contribution in [0.3, 0.4) is 0 Å². The number of anilines is 1. The lowest BCUT2D eigenvalue weighted by Gasteiger charge is -2.06. The lowest BCUT2D eigenvalue weighted by molar-refractivity contribution is -0.108. The number of carbonyl (C=O) groups excluding carboxylic acids is 1. The Labute approximate surface area is 76.4 Å². The molecule has 1 heterocycles. The van der Waals surface area contributed by atoms with E-state index in [0.717, 1.165) is 24.1 Å². The summed E-state index contributed by atoms with van der Waals surface area (Å²) in [5.74, 6) is 0.419. The number of aldehydes is 1. The Morgan fingerprint density at radius 3 is 3.23 bits per heavy atom. The molecule has 1 aromatic carbocycles. The molecule has 1 aromatic rings. The summed E-state index contributed by atoms with van der Waals surface area (Å²) in [4.78, 5) is 10.4. The van der Waals surface area contributed by atoms with Gasteiger partial charge in [-0.2, -0.15) is 0 Å². The summed E-state index contributed by atoms with van der Waals surface area (Å²) >= 11 is 0. The number of rotatable bonds is 2. The van der Waals surface area contributed by atoms with Crippen molar-refractivity contribution in [3.8, 4) is 5.75 Å². The summed E-state index contributed by atoms with van der Waals surface area (Å²) in [7, 11) is 0. The number of fused-ring (bicyclic) bond motifs is 1. The molecule has 0 fully saturated rings. The standard InChI is InChI=1S/C10H11NO2/c12-5-4-7-6-11-8-2-1-3-9(13)10(7)8/h1-3,5,7,11,13H,4,6H2. The highest BCUT2D eigenvalue weighted by Crippen LogP contribution is 2.38. The molecule has 2 N–H and O–H groups in total. The molecule has 3 nitrogen and oxygen atoms in total. The maximum absolute atomic E-state index is 10.4. The van der Waals surface area contributed by atoms with E-state index >= 15 is 0 Å². The van der Waals surface area contributed by atoms with E-state index in [4.69, 9.17) is 0 Å². The van der Waals surface area contributed by atoms with E-state index in [1.807, 2.05) is 6.07 Å². The zero-order valence-corrected chi connectivity index (χ0v) is 7.16. The molecular weight excluding hydrogens is 166 g/mol. The van der Waals surface area contributed by atoms with Gasteiger partial charge < -0.3 is 15.2 Å². The first-order valence-corrected chi connectivity index (χ1v) is 4.32. The van der Waals surface area contributed by atoms with Crippen LogP contribution in [0.25, 0.3) is 0 Å². The van der Waals surface area contributed by atoms with Crippen molar-refractivity contribution in [3.05, 3.63) is 23.8 Å². The lowest BCUT2D eigenvalue weighted by atomic mass is 9.98. The van der Waals surface area contributed by atoms with Crippen molar-refractivity contribution in [2.24, 2.45) is 0 Å². The lowest BCUT2D eigenvalue weighted by Crippen LogP contribution is -2.02. The number of benzene rings is 1. The Bertz CT molecular complexity index is 336. The van der Waals surface area contributed by atoms with Crippen molar-refractivity contribution in [2.45, 2.75) is 12.3 Å². The Balaban J connectivity index is 2.39. The zero-order chi connectivity index (χ0) is 9.26. The Kier molecular flexibility index (Phi) is 1.93. The molecule has 0 aromatic heterocycles. The van der Waals surface area contributed by atoms with Gasteiger partial charge in [0, 0.05) is 30.1 Å². The molecule has 0 aliphatic carbocycles. The minimum atomic E-state index is 0.133. The second-order valence-corrected chi connectivity index (χ2v) is 3.22. The minimum absolute atomic E-state index is 0.133. The second-order valence-electron chi connectivity index (χ2n) is 3.22.